The van der Waals surface area contributed by atoms with E-state index in [1.807, 2.05) is 0 Å². The Kier molecular flexibility index (Phi) is 3.92. The van der Waals surface area contributed by atoms with Crippen molar-refractivity contribution >= 4 is 11.5 Å². The zero-order valence-corrected chi connectivity index (χ0v) is 10.8. The average Bonchev–Trinajstić information content (AvgIpc) is 2.38. The molecule has 0 atom stereocenters. The van der Waals surface area contributed by atoms with E-state index in [9.17, 15) is 18.9 Å². The van der Waals surface area contributed by atoms with Crippen LogP contribution in [0.25, 0.3) is 0 Å². The Labute approximate surface area is 117 Å². The summed E-state index contributed by atoms with van der Waals surface area (Å²) in [7, 11) is 0. The summed E-state index contributed by atoms with van der Waals surface area (Å²) in [6.45, 7) is 1.44. The molecular weight excluding hydrogens is 286 g/mol. The fourth-order valence-electron chi connectivity index (χ4n) is 1.63. The Morgan fingerprint density at radius 1 is 1.29 bits per heavy atom. The van der Waals surface area contributed by atoms with Crippen LogP contribution in [0.2, 0.25) is 0 Å². The van der Waals surface area contributed by atoms with Crippen molar-refractivity contribution in [2.75, 3.05) is 5.73 Å². The maximum Gasteiger partial charge on any atom is 0.307 e. The molecule has 0 saturated carbocycles. The number of benzene rings is 1. The first kappa shape index (κ1) is 14.6. The molecule has 0 fully saturated rings. The predicted octanol–water partition coefficient (Wildman–Crippen LogP) is 2.13. The number of ether oxygens (including phenoxy) is 1. The molecule has 0 aliphatic rings. The first-order chi connectivity index (χ1) is 9.86. The summed E-state index contributed by atoms with van der Waals surface area (Å²) < 4.78 is 32.0. The van der Waals surface area contributed by atoms with Crippen molar-refractivity contribution in [1.29, 1.82) is 0 Å². The summed E-state index contributed by atoms with van der Waals surface area (Å²) in [5.74, 6) is -2.31. The van der Waals surface area contributed by atoms with Gasteiger partial charge in [-0.3, -0.25) is 10.1 Å². The summed E-state index contributed by atoms with van der Waals surface area (Å²) in [6, 6.07) is 2.60. The number of nitrogens with zero attached hydrogens (tertiary/aromatic N) is 3. The van der Waals surface area contributed by atoms with Gasteiger partial charge in [-0.25, -0.2) is 14.4 Å². The third-order valence-corrected chi connectivity index (χ3v) is 2.48. The van der Waals surface area contributed by atoms with Crippen molar-refractivity contribution in [2.45, 2.75) is 13.5 Å². The van der Waals surface area contributed by atoms with Gasteiger partial charge in [0.15, 0.2) is 17.4 Å². The Balaban J connectivity index is 2.20. The first-order valence-corrected chi connectivity index (χ1v) is 5.73. The molecule has 0 aliphatic carbocycles. The maximum atomic E-state index is 13.6. The summed E-state index contributed by atoms with van der Waals surface area (Å²) in [6.07, 6.45) is 0. The summed E-state index contributed by atoms with van der Waals surface area (Å²) >= 11 is 0. The van der Waals surface area contributed by atoms with Gasteiger partial charge in [0.25, 0.3) is 0 Å². The van der Waals surface area contributed by atoms with E-state index >= 15 is 0 Å². The third-order valence-electron chi connectivity index (χ3n) is 2.48. The van der Waals surface area contributed by atoms with Gasteiger partial charge in [-0.1, -0.05) is 0 Å². The molecule has 110 valence electrons. The Morgan fingerprint density at radius 2 is 2.00 bits per heavy atom. The van der Waals surface area contributed by atoms with Gasteiger partial charge in [0.05, 0.1) is 11.0 Å². The average molecular weight is 296 g/mol. The van der Waals surface area contributed by atoms with Crippen LogP contribution in [0.3, 0.4) is 0 Å². The molecule has 2 aromatic rings. The minimum atomic E-state index is -1.19. The van der Waals surface area contributed by atoms with Crippen LogP contribution in [0.4, 0.5) is 20.3 Å². The van der Waals surface area contributed by atoms with Crippen LogP contribution in [0.15, 0.2) is 18.2 Å². The van der Waals surface area contributed by atoms with E-state index in [-0.39, 0.29) is 18.2 Å². The summed E-state index contributed by atoms with van der Waals surface area (Å²) in [5.41, 5.74) is 5.15. The normalized spacial score (nSPS) is 10.4. The Hall–Kier alpha value is -2.84. The lowest BCUT2D eigenvalue weighted by atomic mass is 10.3. The van der Waals surface area contributed by atoms with Crippen LogP contribution in [0.1, 0.15) is 11.5 Å². The number of anilines is 1. The van der Waals surface area contributed by atoms with E-state index < -0.39 is 28.0 Å². The van der Waals surface area contributed by atoms with Gasteiger partial charge in [0.2, 0.25) is 5.82 Å². The molecule has 2 rings (SSSR count). The van der Waals surface area contributed by atoms with Gasteiger partial charge in [-0.15, -0.1) is 0 Å². The van der Waals surface area contributed by atoms with Crippen LogP contribution in [-0.4, -0.2) is 14.9 Å². The molecule has 21 heavy (non-hydrogen) atoms. The number of hydrogen-bond acceptors (Lipinski definition) is 6. The molecule has 1 aromatic heterocycles. The molecule has 0 spiro atoms. The number of nitrogens with two attached hydrogens (primary N) is 1. The second kappa shape index (κ2) is 5.65. The van der Waals surface area contributed by atoms with E-state index in [0.717, 1.165) is 0 Å². The zero-order valence-electron chi connectivity index (χ0n) is 10.8. The van der Waals surface area contributed by atoms with Crippen molar-refractivity contribution in [1.82, 2.24) is 9.97 Å². The SMILES string of the molecule is Cc1cc(N)nc(COc2cc(F)c([N+](=O)[O-])cc2F)n1. The minimum absolute atomic E-state index is 0.186. The van der Waals surface area contributed by atoms with Gasteiger partial charge >= 0.3 is 5.69 Å². The highest BCUT2D eigenvalue weighted by Crippen LogP contribution is 2.26. The summed E-state index contributed by atoms with van der Waals surface area (Å²) in [4.78, 5) is 17.3. The Bertz CT molecular complexity index is 689. The molecule has 0 radical (unpaired) electrons. The van der Waals surface area contributed by atoms with Gasteiger partial charge in [0, 0.05) is 17.8 Å². The fourth-order valence-corrected chi connectivity index (χ4v) is 1.63. The first-order valence-electron chi connectivity index (χ1n) is 5.73. The number of nitrogen functional groups attached to an aromatic ring is 1. The molecule has 9 heteroatoms. The molecular formula is C12H10F2N4O3. The highest BCUT2D eigenvalue weighted by Gasteiger charge is 2.19. The van der Waals surface area contributed by atoms with E-state index in [4.69, 9.17) is 10.5 Å². The molecule has 2 N–H and O–H groups in total. The second-order valence-corrected chi connectivity index (χ2v) is 4.13. The molecule has 1 heterocycles. The molecule has 7 nitrogen and oxygen atoms in total. The molecule has 0 amide bonds. The highest BCUT2D eigenvalue weighted by molar-refractivity contribution is 5.39. The topological polar surface area (TPSA) is 104 Å². The molecule has 0 aliphatic heterocycles. The van der Waals surface area contributed by atoms with Crippen molar-refractivity contribution in [3.63, 3.8) is 0 Å². The van der Waals surface area contributed by atoms with Gasteiger partial charge < -0.3 is 10.5 Å². The monoisotopic (exact) mass is 296 g/mol. The molecule has 0 saturated heterocycles. The smallest absolute Gasteiger partial charge is 0.307 e. The van der Waals surface area contributed by atoms with Gasteiger partial charge in [-0.2, -0.15) is 4.39 Å². The van der Waals surface area contributed by atoms with Crippen LogP contribution in [0, 0.1) is 28.7 Å². The number of aromatic nitrogens is 2. The number of hydrogen-bond donors (Lipinski definition) is 1. The van der Waals surface area contributed by atoms with Crippen molar-refractivity contribution < 1.29 is 18.4 Å². The number of rotatable bonds is 4. The number of nitro groups is 1. The van der Waals surface area contributed by atoms with E-state index in [2.05, 4.69) is 9.97 Å². The highest BCUT2D eigenvalue weighted by atomic mass is 19.1. The number of aryl methyl sites for hydroxylation is 1. The van der Waals surface area contributed by atoms with Crippen LogP contribution < -0.4 is 10.5 Å². The van der Waals surface area contributed by atoms with E-state index in [0.29, 0.717) is 17.8 Å². The molecule has 0 bridgehead atoms. The minimum Gasteiger partial charge on any atom is -0.482 e. The van der Waals surface area contributed by atoms with Crippen LogP contribution in [0.5, 0.6) is 5.75 Å². The zero-order chi connectivity index (χ0) is 15.6. The van der Waals surface area contributed by atoms with E-state index in [1.165, 1.54) is 6.07 Å². The lowest BCUT2D eigenvalue weighted by molar-refractivity contribution is -0.387. The lowest BCUT2D eigenvalue weighted by Gasteiger charge is -2.07. The lowest BCUT2D eigenvalue weighted by Crippen LogP contribution is -2.06. The standard InChI is InChI=1S/C12H10F2N4O3/c1-6-2-11(15)17-12(16-6)5-21-10-4-7(13)9(18(19)20)3-8(10)14/h2-4H,5H2,1H3,(H2,15,16,17). The van der Waals surface area contributed by atoms with Gasteiger partial charge in [-0.05, 0) is 6.92 Å². The molecule has 0 unspecified atom stereocenters. The van der Waals surface area contributed by atoms with Crippen LogP contribution in [-0.2, 0) is 6.61 Å². The van der Waals surface area contributed by atoms with E-state index in [1.54, 1.807) is 6.92 Å². The Morgan fingerprint density at radius 3 is 2.62 bits per heavy atom. The number of nitro benzene ring substituents is 1. The fraction of sp³-hybridized carbons (Fsp3) is 0.167. The van der Waals surface area contributed by atoms with Crippen molar-refractivity contribution in [3.05, 3.63) is 51.5 Å². The maximum absolute atomic E-state index is 13.6. The quantitative estimate of drug-likeness (QED) is 0.684. The van der Waals surface area contributed by atoms with Gasteiger partial charge in [0.1, 0.15) is 12.4 Å². The third kappa shape index (κ3) is 3.38. The van der Waals surface area contributed by atoms with Crippen LogP contribution >= 0.6 is 0 Å². The van der Waals surface area contributed by atoms with Crippen molar-refractivity contribution in [3.8, 4) is 5.75 Å². The van der Waals surface area contributed by atoms with Crippen molar-refractivity contribution in [2.24, 2.45) is 0 Å². The number of halogens is 2. The summed E-state index contributed by atoms with van der Waals surface area (Å²) in [5, 5.41) is 10.5. The predicted molar refractivity (Wildman–Crippen MR) is 68.5 cm³/mol. The largest absolute Gasteiger partial charge is 0.482 e. The molecule has 1 aromatic carbocycles. The second-order valence-electron chi connectivity index (χ2n) is 4.13.